The van der Waals surface area contributed by atoms with Crippen LogP contribution in [0.5, 0.6) is 0 Å². The van der Waals surface area contributed by atoms with Crippen LogP contribution in [0.25, 0.3) is 0 Å². The van der Waals surface area contributed by atoms with Crippen molar-refractivity contribution in [1.29, 1.82) is 0 Å². The maximum atomic E-state index is 3.67. The quantitative estimate of drug-likeness (QED) is 0.709. The van der Waals surface area contributed by atoms with E-state index in [0.717, 1.165) is 12.6 Å². The predicted octanol–water partition coefficient (Wildman–Crippen LogP) is 1.40. The first-order valence-corrected chi connectivity index (χ1v) is 6.90. The van der Waals surface area contributed by atoms with Crippen molar-refractivity contribution in [2.75, 3.05) is 46.3 Å². The maximum Gasteiger partial charge on any atom is 0.0110 e. The number of nitrogens with one attached hydrogen (secondary N) is 1. The van der Waals surface area contributed by atoms with Gasteiger partial charge in [-0.1, -0.05) is 20.3 Å². The lowest BCUT2D eigenvalue weighted by Gasteiger charge is -2.32. The zero-order chi connectivity index (χ0) is 11.8. The van der Waals surface area contributed by atoms with Gasteiger partial charge >= 0.3 is 0 Å². The molecule has 0 bridgehead atoms. The second-order valence-corrected chi connectivity index (χ2v) is 4.99. The normalized spacial score (nSPS) is 21.2. The van der Waals surface area contributed by atoms with E-state index in [-0.39, 0.29) is 0 Å². The Morgan fingerprint density at radius 1 is 1.12 bits per heavy atom. The van der Waals surface area contributed by atoms with E-state index in [2.05, 4.69) is 36.0 Å². The topological polar surface area (TPSA) is 18.5 Å². The van der Waals surface area contributed by atoms with Gasteiger partial charge in [-0.15, -0.1) is 0 Å². The van der Waals surface area contributed by atoms with Gasteiger partial charge in [0.25, 0.3) is 0 Å². The lowest BCUT2D eigenvalue weighted by atomic mass is 10.1. The summed E-state index contributed by atoms with van der Waals surface area (Å²) in [5.74, 6) is 0. The van der Waals surface area contributed by atoms with E-state index in [0.29, 0.717) is 0 Å². The Morgan fingerprint density at radius 3 is 2.38 bits per heavy atom. The minimum Gasteiger partial charge on any atom is -0.313 e. The minimum absolute atomic E-state index is 0.734. The highest BCUT2D eigenvalue weighted by Gasteiger charge is 2.13. The predicted molar refractivity (Wildman–Crippen MR) is 70.9 cm³/mol. The zero-order valence-electron chi connectivity index (χ0n) is 11.3. The molecule has 0 aromatic carbocycles. The maximum absolute atomic E-state index is 3.67. The molecule has 16 heavy (non-hydrogen) atoms. The van der Waals surface area contributed by atoms with Crippen LogP contribution in [0, 0.1) is 0 Å². The van der Waals surface area contributed by atoms with Gasteiger partial charge in [-0.3, -0.25) is 4.90 Å². The molecule has 0 aliphatic carbocycles. The fraction of sp³-hybridized carbons (Fsp3) is 1.00. The molecule has 0 aromatic heterocycles. The van der Waals surface area contributed by atoms with E-state index in [1.807, 2.05) is 0 Å². The first kappa shape index (κ1) is 13.9. The Balaban J connectivity index is 2.05. The highest BCUT2D eigenvalue weighted by atomic mass is 15.2. The molecule has 0 amide bonds. The van der Waals surface area contributed by atoms with E-state index < -0.39 is 0 Å². The van der Waals surface area contributed by atoms with Crippen molar-refractivity contribution in [3.8, 4) is 0 Å². The van der Waals surface area contributed by atoms with Crippen molar-refractivity contribution in [2.45, 2.75) is 39.2 Å². The number of rotatable bonds is 7. The van der Waals surface area contributed by atoms with Crippen LogP contribution in [0.15, 0.2) is 0 Å². The lowest BCUT2D eigenvalue weighted by molar-refractivity contribution is 0.153. The fourth-order valence-corrected chi connectivity index (χ4v) is 2.30. The Labute approximate surface area is 101 Å². The molecule has 96 valence electrons. The van der Waals surface area contributed by atoms with Crippen molar-refractivity contribution >= 4 is 0 Å². The Bertz CT molecular complexity index is 165. The third-order valence-corrected chi connectivity index (χ3v) is 3.59. The van der Waals surface area contributed by atoms with Crippen LogP contribution in [0.1, 0.15) is 33.1 Å². The van der Waals surface area contributed by atoms with E-state index in [1.165, 1.54) is 52.0 Å². The lowest BCUT2D eigenvalue weighted by Crippen LogP contribution is -2.47. The van der Waals surface area contributed by atoms with Crippen molar-refractivity contribution in [3.63, 3.8) is 0 Å². The monoisotopic (exact) mass is 227 g/mol. The van der Waals surface area contributed by atoms with E-state index in [4.69, 9.17) is 0 Å². The van der Waals surface area contributed by atoms with Crippen molar-refractivity contribution in [2.24, 2.45) is 0 Å². The number of nitrogens with zero attached hydrogens (tertiary/aromatic N) is 2. The summed E-state index contributed by atoms with van der Waals surface area (Å²) < 4.78 is 0. The summed E-state index contributed by atoms with van der Waals surface area (Å²) in [6.07, 6.45) is 3.87. The molecular formula is C13H29N3. The summed E-state index contributed by atoms with van der Waals surface area (Å²) in [5.41, 5.74) is 0. The van der Waals surface area contributed by atoms with E-state index >= 15 is 0 Å². The van der Waals surface area contributed by atoms with Gasteiger partial charge in [0.05, 0.1) is 0 Å². The molecule has 1 rings (SSSR count). The van der Waals surface area contributed by atoms with Crippen LogP contribution in [0.2, 0.25) is 0 Å². The smallest absolute Gasteiger partial charge is 0.0110 e. The Morgan fingerprint density at radius 2 is 1.81 bits per heavy atom. The van der Waals surface area contributed by atoms with Crippen LogP contribution in [-0.2, 0) is 0 Å². The van der Waals surface area contributed by atoms with Crippen molar-refractivity contribution in [1.82, 2.24) is 15.1 Å². The molecule has 1 aliphatic rings. The average Bonchev–Trinajstić information content (AvgIpc) is 2.30. The molecule has 1 unspecified atom stereocenters. The van der Waals surface area contributed by atoms with Crippen LogP contribution in [0.4, 0.5) is 0 Å². The standard InChI is InChI=1S/C13H29N3/c1-4-6-13(5-2)14-7-8-16-11-9-15(3)10-12-16/h13-14H,4-12H2,1-3H3. The fourth-order valence-electron chi connectivity index (χ4n) is 2.30. The summed E-state index contributed by atoms with van der Waals surface area (Å²) in [5, 5.41) is 3.67. The van der Waals surface area contributed by atoms with Gasteiger partial charge in [0.1, 0.15) is 0 Å². The van der Waals surface area contributed by atoms with E-state index in [9.17, 15) is 0 Å². The van der Waals surface area contributed by atoms with Gasteiger partial charge in [0.2, 0.25) is 0 Å². The molecular weight excluding hydrogens is 198 g/mol. The first-order chi connectivity index (χ1) is 7.76. The van der Waals surface area contributed by atoms with Gasteiger partial charge in [0.15, 0.2) is 0 Å². The molecule has 0 aromatic rings. The molecule has 0 radical (unpaired) electrons. The van der Waals surface area contributed by atoms with Crippen LogP contribution >= 0.6 is 0 Å². The molecule has 1 atom stereocenters. The molecule has 1 fully saturated rings. The third-order valence-electron chi connectivity index (χ3n) is 3.59. The Kier molecular flexibility index (Phi) is 7.01. The second-order valence-electron chi connectivity index (χ2n) is 4.99. The SMILES string of the molecule is CCCC(CC)NCCN1CCN(C)CC1. The van der Waals surface area contributed by atoms with Gasteiger partial charge in [0, 0.05) is 45.3 Å². The highest BCUT2D eigenvalue weighted by molar-refractivity contribution is 4.71. The number of hydrogen-bond donors (Lipinski definition) is 1. The Hall–Kier alpha value is -0.120. The van der Waals surface area contributed by atoms with Gasteiger partial charge in [-0.05, 0) is 19.9 Å². The number of hydrogen-bond acceptors (Lipinski definition) is 3. The summed E-state index contributed by atoms with van der Waals surface area (Å²) in [7, 11) is 2.21. The molecule has 1 heterocycles. The molecule has 0 spiro atoms. The molecule has 1 N–H and O–H groups in total. The van der Waals surface area contributed by atoms with Crippen LogP contribution in [0.3, 0.4) is 0 Å². The molecule has 1 saturated heterocycles. The molecule has 3 heteroatoms. The van der Waals surface area contributed by atoms with Crippen molar-refractivity contribution < 1.29 is 0 Å². The minimum atomic E-state index is 0.734. The first-order valence-electron chi connectivity index (χ1n) is 6.90. The summed E-state index contributed by atoms with van der Waals surface area (Å²) in [6.45, 7) is 11.9. The van der Waals surface area contributed by atoms with Gasteiger partial charge < -0.3 is 10.2 Å². The highest BCUT2D eigenvalue weighted by Crippen LogP contribution is 2.01. The second kappa shape index (κ2) is 8.04. The van der Waals surface area contributed by atoms with Gasteiger partial charge in [-0.2, -0.15) is 0 Å². The molecule has 3 nitrogen and oxygen atoms in total. The zero-order valence-corrected chi connectivity index (χ0v) is 11.3. The molecule has 0 saturated carbocycles. The summed E-state index contributed by atoms with van der Waals surface area (Å²) in [6, 6.07) is 0.734. The average molecular weight is 227 g/mol. The van der Waals surface area contributed by atoms with Crippen LogP contribution < -0.4 is 5.32 Å². The van der Waals surface area contributed by atoms with Crippen molar-refractivity contribution in [3.05, 3.63) is 0 Å². The van der Waals surface area contributed by atoms with Crippen LogP contribution in [-0.4, -0.2) is 62.2 Å². The number of likely N-dealkylation sites (N-methyl/N-ethyl adjacent to an activating group) is 1. The summed E-state index contributed by atoms with van der Waals surface area (Å²) in [4.78, 5) is 4.99. The number of piperazine rings is 1. The third kappa shape index (κ3) is 5.28. The molecule has 1 aliphatic heterocycles. The summed E-state index contributed by atoms with van der Waals surface area (Å²) >= 11 is 0. The van der Waals surface area contributed by atoms with Gasteiger partial charge in [-0.25, -0.2) is 0 Å². The largest absolute Gasteiger partial charge is 0.313 e. The van der Waals surface area contributed by atoms with E-state index in [1.54, 1.807) is 0 Å².